The summed E-state index contributed by atoms with van der Waals surface area (Å²) in [5.41, 5.74) is 0.715. The molecule has 0 saturated heterocycles. The van der Waals surface area contributed by atoms with Crippen LogP contribution in [0.3, 0.4) is 0 Å². The first kappa shape index (κ1) is 13.7. The molecule has 0 aliphatic rings. The molecule has 0 aliphatic heterocycles. The van der Waals surface area contributed by atoms with Crippen molar-refractivity contribution in [2.45, 2.75) is 18.0 Å². The Morgan fingerprint density at radius 1 is 1.26 bits per heavy atom. The summed E-state index contributed by atoms with van der Waals surface area (Å²) in [6.07, 6.45) is 1.38. The van der Waals surface area contributed by atoms with Gasteiger partial charge in [0.05, 0.1) is 6.20 Å². The van der Waals surface area contributed by atoms with Crippen LogP contribution in [-0.4, -0.2) is 30.0 Å². The van der Waals surface area contributed by atoms with Crippen molar-refractivity contribution >= 4 is 10.0 Å². The molecule has 7 heteroatoms. The number of halogens is 1. The number of nitrogens with one attached hydrogen (secondary N) is 1. The number of benzene rings is 1. The minimum Gasteiger partial charge on any atom is -0.266 e. The van der Waals surface area contributed by atoms with E-state index < -0.39 is 16.1 Å². The number of rotatable bonds is 4. The number of aromatic nitrogens is 2. The Morgan fingerprint density at radius 3 is 2.42 bits per heavy atom. The van der Waals surface area contributed by atoms with Gasteiger partial charge in [-0.05, 0) is 30.7 Å². The number of hydrogen-bond donors (Lipinski definition) is 1. The van der Waals surface area contributed by atoms with Gasteiger partial charge in [-0.15, -0.1) is 0 Å². The Morgan fingerprint density at radius 2 is 1.89 bits per heavy atom. The van der Waals surface area contributed by atoms with Crippen LogP contribution in [0.1, 0.15) is 18.5 Å². The van der Waals surface area contributed by atoms with Crippen LogP contribution < -0.4 is 0 Å². The van der Waals surface area contributed by atoms with Crippen molar-refractivity contribution in [3.05, 3.63) is 47.9 Å². The summed E-state index contributed by atoms with van der Waals surface area (Å²) in [5.74, 6) is -0.352. The fourth-order valence-corrected chi connectivity index (χ4v) is 2.95. The Bertz CT molecular complexity index is 638. The van der Waals surface area contributed by atoms with Gasteiger partial charge in [0.1, 0.15) is 5.82 Å². The van der Waals surface area contributed by atoms with Gasteiger partial charge in [-0.2, -0.15) is 9.40 Å². The molecule has 0 saturated carbocycles. The number of hydrogen-bond acceptors (Lipinski definition) is 3. The van der Waals surface area contributed by atoms with E-state index in [1.165, 1.54) is 35.7 Å². The maximum absolute atomic E-state index is 12.9. The van der Waals surface area contributed by atoms with Crippen molar-refractivity contribution in [1.82, 2.24) is 14.5 Å². The summed E-state index contributed by atoms with van der Waals surface area (Å²) in [7, 11) is -2.16. The zero-order valence-electron chi connectivity index (χ0n) is 10.5. The molecule has 1 atom stereocenters. The molecular weight excluding hydrogens is 269 g/mol. The molecule has 2 rings (SSSR count). The molecule has 0 radical (unpaired) electrons. The number of aromatic amines is 1. The van der Waals surface area contributed by atoms with Gasteiger partial charge < -0.3 is 0 Å². The molecule has 1 unspecified atom stereocenters. The summed E-state index contributed by atoms with van der Waals surface area (Å²) in [5, 5.41) is 6.10. The van der Waals surface area contributed by atoms with Gasteiger partial charge in [-0.25, -0.2) is 12.8 Å². The van der Waals surface area contributed by atoms with E-state index in [1.54, 1.807) is 19.1 Å². The van der Waals surface area contributed by atoms with Crippen molar-refractivity contribution in [3.8, 4) is 0 Å². The molecule has 1 aromatic heterocycles. The highest BCUT2D eigenvalue weighted by Crippen LogP contribution is 2.24. The van der Waals surface area contributed by atoms with Crippen LogP contribution in [0.15, 0.2) is 41.6 Å². The Labute approximate surface area is 111 Å². The van der Waals surface area contributed by atoms with Crippen LogP contribution in [0.5, 0.6) is 0 Å². The third kappa shape index (κ3) is 2.66. The molecule has 0 amide bonds. The van der Waals surface area contributed by atoms with E-state index in [9.17, 15) is 12.8 Å². The Kier molecular flexibility index (Phi) is 3.68. The topological polar surface area (TPSA) is 66.1 Å². The maximum Gasteiger partial charge on any atom is 0.260 e. The summed E-state index contributed by atoms with van der Waals surface area (Å²) in [6.45, 7) is 1.74. The third-order valence-electron chi connectivity index (χ3n) is 3.03. The number of sulfonamides is 1. The van der Waals surface area contributed by atoms with Crippen molar-refractivity contribution in [1.29, 1.82) is 0 Å². The van der Waals surface area contributed by atoms with Gasteiger partial charge in [0.2, 0.25) is 0 Å². The highest BCUT2D eigenvalue weighted by molar-refractivity contribution is 7.89. The van der Waals surface area contributed by atoms with Gasteiger partial charge in [0.15, 0.2) is 5.03 Å². The van der Waals surface area contributed by atoms with Crippen molar-refractivity contribution in [2.24, 2.45) is 0 Å². The molecule has 0 fully saturated rings. The van der Waals surface area contributed by atoms with Gasteiger partial charge in [0, 0.05) is 13.1 Å². The summed E-state index contributed by atoms with van der Waals surface area (Å²) >= 11 is 0. The van der Waals surface area contributed by atoms with Crippen molar-refractivity contribution in [3.63, 3.8) is 0 Å². The lowest BCUT2D eigenvalue weighted by molar-refractivity contribution is 0.396. The molecule has 1 heterocycles. The van der Waals surface area contributed by atoms with Crippen LogP contribution in [0.2, 0.25) is 0 Å². The van der Waals surface area contributed by atoms with E-state index in [0.717, 1.165) is 0 Å². The summed E-state index contributed by atoms with van der Waals surface area (Å²) in [4.78, 5) is 0. The molecular formula is C12H14FN3O2S. The quantitative estimate of drug-likeness (QED) is 0.932. The Balaban J connectivity index is 2.29. The van der Waals surface area contributed by atoms with E-state index in [1.807, 2.05) is 0 Å². The summed E-state index contributed by atoms with van der Waals surface area (Å²) < 4.78 is 38.6. The van der Waals surface area contributed by atoms with Gasteiger partial charge in [-0.3, -0.25) is 5.10 Å². The van der Waals surface area contributed by atoms with Crippen LogP contribution in [-0.2, 0) is 10.0 Å². The Hall–Kier alpha value is -1.73. The standard InChI is InChI=1S/C12H14FN3O2S/c1-9(10-3-5-11(13)6-4-10)16(2)19(17,18)12-7-8-14-15-12/h3-9H,1-2H3,(H,14,15). The minimum absolute atomic E-state index is 0.0314. The van der Waals surface area contributed by atoms with Crippen molar-refractivity contribution in [2.75, 3.05) is 7.05 Å². The van der Waals surface area contributed by atoms with Crippen LogP contribution in [0.25, 0.3) is 0 Å². The lowest BCUT2D eigenvalue weighted by atomic mass is 10.1. The zero-order chi connectivity index (χ0) is 14.0. The lowest BCUT2D eigenvalue weighted by Gasteiger charge is -2.23. The molecule has 1 N–H and O–H groups in total. The fraction of sp³-hybridized carbons (Fsp3) is 0.250. The molecule has 0 bridgehead atoms. The molecule has 19 heavy (non-hydrogen) atoms. The van der Waals surface area contributed by atoms with Gasteiger partial charge in [-0.1, -0.05) is 12.1 Å². The predicted octanol–water partition coefficient (Wildman–Crippen LogP) is 1.93. The first-order valence-electron chi connectivity index (χ1n) is 5.66. The average Bonchev–Trinajstić information content (AvgIpc) is 2.92. The average molecular weight is 283 g/mol. The highest BCUT2D eigenvalue weighted by atomic mass is 32.2. The van der Waals surface area contributed by atoms with Gasteiger partial charge >= 0.3 is 0 Å². The van der Waals surface area contributed by atoms with Crippen LogP contribution in [0.4, 0.5) is 4.39 Å². The largest absolute Gasteiger partial charge is 0.266 e. The molecule has 1 aromatic carbocycles. The molecule has 102 valence electrons. The normalized spacial score (nSPS) is 13.7. The SMILES string of the molecule is CC(c1ccc(F)cc1)N(C)S(=O)(=O)c1ccn[nH]1. The second kappa shape index (κ2) is 5.10. The second-order valence-electron chi connectivity index (χ2n) is 4.17. The second-order valence-corrected chi connectivity index (χ2v) is 6.14. The molecule has 2 aromatic rings. The fourth-order valence-electron chi connectivity index (χ4n) is 1.70. The maximum atomic E-state index is 12.9. The highest BCUT2D eigenvalue weighted by Gasteiger charge is 2.27. The predicted molar refractivity (Wildman–Crippen MR) is 68.4 cm³/mol. The van der Waals surface area contributed by atoms with Gasteiger partial charge in [0.25, 0.3) is 10.0 Å². The third-order valence-corrected chi connectivity index (χ3v) is 4.89. The number of nitrogens with zero attached hydrogens (tertiary/aromatic N) is 2. The first-order valence-corrected chi connectivity index (χ1v) is 7.10. The van der Waals surface area contributed by atoms with Crippen LogP contribution >= 0.6 is 0 Å². The van der Waals surface area contributed by atoms with E-state index in [-0.39, 0.29) is 10.8 Å². The first-order chi connectivity index (χ1) is 8.93. The van der Waals surface area contributed by atoms with E-state index in [4.69, 9.17) is 0 Å². The van der Waals surface area contributed by atoms with E-state index >= 15 is 0 Å². The lowest BCUT2D eigenvalue weighted by Crippen LogP contribution is -2.30. The van der Waals surface area contributed by atoms with Crippen LogP contribution in [0, 0.1) is 5.82 Å². The summed E-state index contributed by atoms with van der Waals surface area (Å²) in [6, 6.07) is 6.74. The minimum atomic E-state index is -3.63. The zero-order valence-corrected chi connectivity index (χ0v) is 11.4. The van der Waals surface area contributed by atoms with E-state index in [0.29, 0.717) is 5.56 Å². The smallest absolute Gasteiger partial charge is 0.260 e. The molecule has 5 nitrogen and oxygen atoms in total. The number of H-pyrrole nitrogens is 1. The van der Waals surface area contributed by atoms with E-state index in [2.05, 4.69) is 10.2 Å². The monoisotopic (exact) mass is 283 g/mol. The molecule has 0 aliphatic carbocycles. The molecule has 0 spiro atoms. The van der Waals surface area contributed by atoms with Crippen molar-refractivity contribution < 1.29 is 12.8 Å².